The number of halogens is 4. The van der Waals surface area contributed by atoms with Gasteiger partial charge in [-0.05, 0) is 36.6 Å². The van der Waals surface area contributed by atoms with Gasteiger partial charge in [-0.15, -0.1) is 11.3 Å². The van der Waals surface area contributed by atoms with Gasteiger partial charge in [0, 0.05) is 17.3 Å². The van der Waals surface area contributed by atoms with E-state index in [0.717, 1.165) is 11.3 Å². The van der Waals surface area contributed by atoms with Crippen LogP contribution in [0.25, 0.3) is 0 Å². The van der Waals surface area contributed by atoms with E-state index in [4.69, 9.17) is 17.4 Å². The first-order valence-corrected chi connectivity index (χ1v) is 7.92. The van der Waals surface area contributed by atoms with Crippen molar-refractivity contribution in [2.75, 3.05) is 0 Å². The zero-order chi connectivity index (χ0) is 14.8. The molecule has 0 spiro atoms. The van der Waals surface area contributed by atoms with Crippen LogP contribution in [0.4, 0.5) is 13.2 Å². The third kappa shape index (κ3) is 3.87. The van der Waals surface area contributed by atoms with Crippen molar-refractivity contribution in [3.8, 4) is 0 Å². The quantitative estimate of drug-likeness (QED) is 0.644. The molecular formula is C13H18ClF3N2S. The fraction of sp³-hybridized carbons (Fsp3) is 0.692. The molecule has 1 aromatic rings. The lowest BCUT2D eigenvalue weighted by atomic mass is 9.76. The van der Waals surface area contributed by atoms with Gasteiger partial charge in [-0.3, -0.25) is 11.3 Å². The SMILES string of the molecule is NNC(Cc1sccc1Cl)C1CCCC(C(F)(F)F)C1. The van der Waals surface area contributed by atoms with Gasteiger partial charge in [0.25, 0.3) is 0 Å². The summed E-state index contributed by atoms with van der Waals surface area (Å²) in [7, 11) is 0. The summed E-state index contributed by atoms with van der Waals surface area (Å²) in [5, 5.41) is 2.54. The number of nitrogens with two attached hydrogens (primary N) is 1. The molecule has 0 amide bonds. The van der Waals surface area contributed by atoms with E-state index in [-0.39, 0.29) is 24.8 Å². The molecule has 1 aliphatic carbocycles. The molecule has 114 valence electrons. The van der Waals surface area contributed by atoms with Crippen molar-refractivity contribution >= 4 is 22.9 Å². The van der Waals surface area contributed by atoms with Crippen molar-refractivity contribution in [2.45, 2.75) is 44.3 Å². The lowest BCUT2D eigenvalue weighted by molar-refractivity contribution is -0.186. The van der Waals surface area contributed by atoms with Crippen LogP contribution in [-0.2, 0) is 6.42 Å². The Morgan fingerprint density at radius 3 is 2.75 bits per heavy atom. The molecule has 1 aliphatic rings. The highest BCUT2D eigenvalue weighted by Gasteiger charge is 2.43. The first kappa shape index (κ1) is 16.1. The number of alkyl halides is 3. The van der Waals surface area contributed by atoms with Crippen LogP contribution in [0.5, 0.6) is 0 Å². The Kier molecular flexibility index (Phi) is 5.34. The molecule has 1 heterocycles. The van der Waals surface area contributed by atoms with Crippen LogP contribution in [-0.4, -0.2) is 12.2 Å². The average Bonchev–Trinajstić information content (AvgIpc) is 2.80. The van der Waals surface area contributed by atoms with E-state index >= 15 is 0 Å². The van der Waals surface area contributed by atoms with E-state index in [0.29, 0.717) is 17.9 Å². The van der Waals surface area contributed by atoms with E-state index in [1.165, 1.54) is 11.3 Å². The van der Waals surface area contributed by atoms with Crippen LogP contribution < -0.4 is 11.3 Å². The molecule has 1 fully saturated rings. The Morgan fingerprint density at radius 2 is 2.20 bits per heavy atom. The van der Waals surface area contributed by atoms with Crippen LogP contribution in [0.3, 0.4) is 0 Å². The minimum absolute atomic E-state index is 0.0569. The highest BCUT2D eigenvalue weighted by molar-refractivity contribution is 7.10. The molecule has 7 heteroatoms. The minimum Gasteiger partial charge on any atom is -0.271 e. The van der Waals surface area contributed by atoms with Crippen LogP contribution in [0.1, 0.15) is 30.6 Å². The first-order valence-electron chi connectivity index (χ1n) is 6.66. The second-order valence-corrected chi connectivity index (χ2v) is 6.74. The van der Waals surface area contributed by atoms with Gasteiger partial charge in [0.15, 0.2) is 0 Å². The Balaban J connectivity index is 2.02. The maximum atomic E-state index is 12.9. The molecule has 1 saturated carbocycles. The van der Waals surface area contributed by atoms with E-state index < -0.39 is 12.1 Å². The predicted octanol–water partition coefficient (Wildman–Crippen LogP) is 4.14. The van der Waals surface area contributed by atoms with E-state index in [2.05, 4.69) is 5.43 Å². The zero-order valence-electron chi connectivity index (χ0n) is 10.9. The van der Waals surface area contributed by atoms with Crippen molar-refractivity contribution in [2.24, 2.45) is 17.7 Å². The molecule has 0 saturated heterocycles. The van der Waals surface area contributed by atoms with Gasteiger partial charge in [0.2, 0.25) is 0 Å². The molecule has 2 nitrogen and oxygen atoms in total. The zero-order valence-corrected chi connectivity index (χ0v) is 12.5. The van der Waals surface area contributed by atoms with Crippen molar-refractivity contribution in [3.05, 3.63) is 21.3 Å². The summed E-state index contributed by atoms with van der Waals surface area (Å²) in [4.78, 5) is 0.976. The monoisotopic (exact) mass is 326 g/mol. The Hall–Kier alpha value is -0.300. The molecule has 0 radical (unpaired) electrons. The maximum absolute atomic E-state index is 12.9. The van der Waals surface area contributed by atoms with Gasteiger partial charge in [-0.2, -0.15) is 13.2 Å². The topological polar surface area (TPSA) is 38.0 Å². The fourth-order valence-electron chi connectivity index (χ4n) is 2.92. The van der Waals surface area contributed by atoms with Crippen LogP contribution in [0, 0.1) is 11.8 Å². The second-order valence-electron chi connectivity index (χ2n) is 5.33. The summed E-state index contributed by atoms with van der Waals surface area (Å²) < 4.78 is 38.6. The molecule has 3 atom stereocenters. The van der Waals surface area contributed by atoms with Gasteiger partial charge >= 0.3 is 6.18 Å². The highest BCUT2D eigenvalue weighted by Crippen LogP contribution is 2.41. The molecule has 0 aliphatic heterocycles. The summed E-state index contributed by atoms with van der Waals surface area (Å²) in [5.74, 6) is 4.30. The number of nitrogens with one attached hydrogen (secondary N) is 1. The van der Waals surface area contributed by atoms with Crippen molar-refractivity contribution in [3.63, 3.8) is 0 Å². The molecule has 3 unspecified atom stereocenters. The predicted molar refractivity (Wildman–Crippen MR) is 75.6 cm³/mol. The molecule has 3 N–H and O–H groups in total. The molecular weight excluding hydrogens is 309 g/mol. The van der Waals surface area contributed by atoms with Crippen LogP contribution in [0.15, 0.2) is 11.4 Å². The standard InChI is InChI=1S/C13H18ClF3N2S/c14-10-4-5-20-12(10)7-11(19-18)8-2-1-3-9(6-8)13(15,16)17/h4-5,8-9,11,19H,1-3,6-7,18H2. The lowest BCUT2D eigenvalue weighted by Gasteiger charge is -2.35. The number of hydrazine groups is 1. The van der Waals surface area contributed by atoms with Crippen LogP contribution >= 0.6 is 22.9 Å². The van der Waals surface area contributed by atoms with E-state index in [1.54, 1.807) is 6.07 Å². The lowest BCUT2D eigenvalue weighted by Crippen LogP contribution is -2.45. The Labute approximate surface area is 125 Å². The van der Waals surface area contributed by atoms with Gasteiger partial charge in [0.1, 0.15) is 0 Å². The summed E-state index contributed by atoms with van der Waals surface area (Å²) in [6, 6.07) is 1.64. The Bertz CT molecular complexity index is 435. The molecule has 20 heavy (non-hydrogen) atoms. The number of hydrogen-bond acceptors (Lipinski definition) is 3. The van der Waals surface area contributed by atoms with Gasteiger partial charge in [-0.1, -0.05) is 18.0 Å². The number of rotatable bonds is 4. The van der Waals surface area contributed by atoms with Crippen molar-refractivity contribution < 1.29 is 13.2 Å². The largest absolute Gasteiger partial charge is 0.391 e. The van der Waals surface area contributed by atoms with Crippen molar-refractivity contribution in [1.29, 1.82) is 0 Å². The third-order valence-electron chi connectivity index (χ3n) is 4.06. The van der Waals surface area contributed by atoms with E-state index in [1.807, 2.05) is 5.38 Å². The molecule has 2 rings (SSSR count). The fourth-order valence-corrected chi connectivity index (χ4v) is 4.10. The van der Waals surface area contributed by atoms with E-state index in [9.17, 15) is 13.2 Å². The number of hydrogen-bond donors (Lipinski definition) is 2. The third-order valence-corrected chi connectivity index (χ3v) is 5.47. The van der Waals surface area contributed by atoms with Gasteiger partial charge in [-0.25, -0.2) is 0 Å². The number of thiophene rings is 1. The minimum atomic E-state index is -4.10. The Morgan fingerprint density at radius 1 is 1.45 bits per heavy atom. The molecule has 0 bridgehead atoms. The normalized spacial score (nSPS) is 25.6. The molecule has 0 aromatic carbocycles. The summed E-state index contributed by atoms with van der Waals surface area (Å²) in [5.41, 5.74) is 2.69. The first-order chi connectivity index (χ1) is 9.41. The smallest absolute Gasteiger partial charge is 0.271 e. The summed E-state index contributed by atoms with van der Waals surface area (Å²) in [6.45, 7) is 0. The van der Waals surface area contributed by atoms with Crippen molar-refractivity contribution in [1.82, 2.24) is 5.43 Å². The van der Waals surface area contributed by atoms with Gasteiger partial charge < -0.3 is 0 Å². The van der Waals surface area contributed by atoms with Gasteiger partial charge in [0.05, 0.1) is 10.9 Å². The molecule has 1 aromatic heterocycles. The second kappa shape index (κ2) is 6.64. The maximum Gasteiger partial charge on any atom is 0.391 e. The highest BCUT2D eigenvalue weighted by atomic mass is 35.5. The average molecular weight is 327 g/mol. The summed E-state index contributed by atoms with van der Waals surface area (Å²) >= 11 is 7.56. The summed E-state index contributed by atoms with van der Waals surface area (Å²) in [6.07, 6.45) is -1.74. The van der Waals surface area contributed by atoms with Crippen LogP contribution in [0.2, 0.25) is 5.02 Å².